The third-order valence-electron chi connectivity index (χ3n) is 3.26. The van der Waals surface area contributed by atoms with E-state index in [1.807, 2.05) is 0 Å². The average Bonchev–Trinajstić information content (AvgIpc) is 2.89. The van der Waals surface area contributed by atoms with Crippen molar-refractivity contribution in [2.45, 2.75) is 25.6 Å². The molecule has 0 bridgehead atoms. The van der Waals surface area contributed by atoms with Crippen LogP contribution in [0.3, 0.4) is 0 Å². The number of carbonyl (C=O) groups excluding carboxylic acids is 1. The van der Waals surface area contributed by atoms with Gasteiger partial charge in [0.2, 0.25) is 0 Å². The Labute approximate surface area is 118 Å². The predicted octanol–water partition coefficient (Wildman–Crippen LogP) is 2.35. The highest BCUT2D eigenvalue weighted by Crippen LogP contribution is 2.19. The van der Waals surface area contributed by atoms with Crippen molar-refractivity contribution in [3.05, 3.63) is 29.3 Å². The van der Waals surface area contributed by atoms with Gasteiger partial charge < -0.3 is 14.4 Å². The summed E-state index contributed by atoms with van der Waals surface area (Å²) in [6, 6.07) is 7.00. The third kappa shape index (κ3) is 3.61. The second kappa shape index (κ2) is 6.26. The molecule has 0 N–H and O–H groups in total. The Bertz CT molecular complexity index is 435. The van der Waals surface area contributed by atoms with Crippen molar-refractivity contribution in [2.24, 2.45) is 0 Å². The molecule has 5 heteroatoms. The number of rotatable bonds is 4. The highest BCUT2D eigenvalue weighted by atomic mass is 35.5. The van der Waals surface area contributed by atoms with Crippen LogP contribution < -0.4 is 4.74 Å². The lowest BCUT2D eigenvalue weighted by atomic mass is 10.3. The van der Waals surface area contributed by atoms with Gasteiger partial charge in [0.15, 0.2) is 6.10 Å². The summed E-state index contributed by atoms with van der Waals surface area (Å²) < 4.78 is 10.9. The van der Waals surface area contributed by atoms with E-state index in [0.29, 0.717) is 17.3 Å². The van der Waals surface area contributed by atoms with Gasteiger partial charge in [-0.15, -0.1) is 0 Å². The molecule has 1 amide bonds. The molecule has 0 aromatic heterocycles. The van der Waals surface area contributed by atoms with Gasteiger partial charge in [0.25, 0.3) is 5.91 Å². The zero-order valence-electron chi connectivity index (χ0n) is 11.1. The number of amides is 1. The lowest BCUT2D eigenvalue weighted by molar-refractivity contribution is -0.137. The van der Waals surface area contributed by atoms with Crippen LogP contribution in [0.5, 0.6) is 5.75 Å². The van der Waals surface area contributed by atoms with E-state index >= 15 is 0 Å². The standard InChI is InChI=1S/C14H18ClNO3/c1-10(19-12-5-3-11(15)4-6-12)14(17)16-8-7-13(9-16)18-2/h3-6,10,13H,7-9H2,1-2H3. The summed E-state index contributed by atoms with van der Waals surface area (Å²) in [5.41, 5.74) is 0. The number of likely N-dealkylation sites (tertiary alicyclic amines) is 1. The summed E-state index contributed by atoms with van der Waals surface area (Å²) in [7, 11) is 1.67. The minimum Gasteiger partial charge on any atom is -0.481 e. The Morgan fingerprint density at radius 3 is 2.68 bits per heavy atom. The molecule has 2 atom stereocenters. The first-order valence-electron chi connectivity index (χ1n) is 6.34. The molecule has 1 aliphatic heterocycles. The number of carbonyl (C=O) groups is 1. The Morgan fingerprint density at radius 1 is 1.42 bits per heavy atom. The molecule has 0 aliphatic carbocycles. The summed E-state index contributed by atoms with van der Waals surface area (Å²) >= 11 is 5.80. The molecule has 1 saturated heterocycles. The van der Waals surface area contributed by atoms with Gasteiger partial charge in [0, 0.05) is 25.2 Å². The van der Waals surface area contributed by atoms with E-state index in [4.69, 9.17) is 21.1 Å². The first-order valence-corrected chi connectivity index (χ1v) is 6.71. The van der Waals surface area contributed by atoms with Crippen LogP contribution in [-0.4, -0.2) is 43.2 Å². The second-order valence-corrected chi connectivity index (χ2v) is 5.08. The summed E-state index contributed by atoms with van der Waals surface area (Å²) in [5.74, 6) is 0.641. The molecule has 1 heterocycles. The lowest BCUT2D eigenvalue weighted by Gasteiger charge is -2.21. The molecule has 1 aromatic rings. The van der Waals surface area contributed by atoms with Gasteiger partial charge >= 0.3 is 0 Å². The number of methoxy groups -OCH3 is 1. The van der Waals surface area contributed by atoms with Crippen LogP contribution in [0.25, 0.3) is 0 Å². The maximum Gasteiger partial charge on any atom is 0.263 e. The van der Waals surface area contributed by atoms with Crippen LogP contribution in [0.1, 0.15) is 13.3 Å². The fourth-order valence-corrected chi connectivity index (χ4v) is 2.27. The predicted molar refractivity (Wildman–Crippen MR) is 73.5 cm³/mol. The highest BCUT2D eigenvalue weighted by Gasteiger charge is 2.29. The molecule has 2 unspecified atom stereocenters. The van der Waals surface area contributed by atoms with Crippen molar-refractivity contribution in [3.63, 3.8) is 0 Å². The number of ether oxygens (including phenoxy) is 2. The van der Waals surface area contributed by atoms with E-state index in [-0.39, 0.29) is 12.0 Å². The smallest absolute Gasteiger partial charge is 0.263 e. The van der Waals surface area contributed by atoms with Crippen molar-refractivity contribution < 1.29 is 14.3 Å². The van der Waals surface area contributed by atoms with Crippen LogP contribution in [0.15, 0.2) is 24.3 Å². The van der Waals surface area contributed by atoms with Gasteiger partial charge in [-0.3, -0.25) is 4.79 Å². The number of benzene rings is 1. The fourth-order valence-electron chi connectivity index (χ4n) is 2.15. The molecule has 1 aromatic carbocycles. The zero-order valence-corrected chi connectivity index (χ0v) is 11.9. The molecule has 0 saturated carbocycles. The monoisotopic (exact) mass is 283 g/mol. The van der Waals surface area contributed by atoms with Gasteiger partial charge in [-0.2, -0.15) is 0 Å². The van der Waals surface area contributed by atoms with Crippen LogP contribution in [-0.2, 0) is 9.53 Å². The molecule has 4 nitrogen and oxygen atoms in total. The Morgan fingerprint density at radius 2 is 2.11 bits per heavy atom. The first kappa shape index (κ1) is 14.2. The molecule has 1 aliphatic rings. The van der Waals surface area contributed by atoms with Crippen LogP contribution in [0, 0.1) is 0 Å². The molecule has 104 valence electrons. The number of hydrogen-bond acceptors (Lipinski definition) is 3. The highest BCUT2D eigenvalue weighted by molar-refractivity contribution is 6.30. The Balaban J connectivity index is 1.91. The van der Waals surface area contributed by atoms with Crippen LogP contribution in [0.2, 0.25) is 5.02 Å². The Hall–Kier alpha value is -1.26. The fraction of sp³-hybridized carbons (Fsp3) is 0.500. The summed E-state index contributed by atoms with van der Waals surface area (Å²) in [4.78, 5) is 14.0. The van der Waals surface area contributed by atoms with E-state index < -0.39 is 6.10 Å². The number of halogens is 1. The molecule has 0 spiro atoms. The van der Waals surface area contributed by atoms with Crippen molar-refractivity contribution in [2.75, 3.05) is 20.2 Å². The minimum absolute atomic E-state index is 0.00509. The molecule has 0 radical (unpaired) electrons. The third-order valence-corrected chi connectivity index (χ3v) is 3.52. The average molecular weight is 284 g/mol. The molecule has 19 heavy (non-hydrogen) atoms. The molecular weight excluding hydrogens is 266 g/mol. The molecular formula is C14H18ClNO3. The number of nitrogens with zero attached hydrogens (tertiary/aromatic N) is 1. The van der Waals surface area contributed by atoms with Gasteiger partial charge in [-0.25, -0.2) is 0 Å². The zero-order chi connectivity index (χ0) is 13.8. The van der Waals surface area contributed by atoms with Gasteiger partial charge in [-0.1, -0.05) is 11.6 Å². The van der Waals surface area contributed by atoms with E-state index in [2.05, 4.69) is 0 Å². The topological polar surface area (TPSA) is 38.8 Å². The van der Waals surface area contributed by atoms with Gasteiger partial charge in [-0.05, 0) is 37.6 Å². The SMILES string of the molecule is COC1CCN(C(=O)C(C)Oc2ccc(Cl)cc2)C1. The van der Waals surface area contributed by atoms with Crippen LogP contribution >= 0.6 is 11.6 Å². The number of hydrogen-bond donors (Lipinski definition) is 0. The maximum absolute atomic E-state index is 12.2. The van der Waals surface area contributed by atoms with Crippen molar-refractivity contribution >= 4 is 17.5 Å². The lowest BCUT2D eigenvalue weighted by Crippen LogP contribution is -2.39. The van der Waals surface area contributed by atoms with Crippen molar-refractivity contribution in [1.82, 2.24) is 4.90 Å². The maximum atomic E-state index is 12.2. The van der Waals surface area contributed by atoms with Gasteiger partial charge in [0.1, 0.15) is 5.75 Å². The Kier molecular flexibility index (Phi) is 4.66. The van der Waals surface area contributed by atoms with Crippen molar-refractivity contribution in [1.29, 1.82) is 0 Å². The second-order valence-electron chi connectivity index (χ2n) is 4.64. The molecule has 2 rings (SSSR count). The first-order chi connectivity index (χ1) is 9.10. The van der Waals surface area contributed by atoms with E-state index in [9.17, 15) is 4.79 Å². The summed E-state index contributed by atoms with van der Waals surface area (Å²) in [5, 5.41) is 0.647. The van der Waals surface area contributed by atoms with E-state index in [1.54, 1.807) is 43.2 Å². The van der Waals surface area contributed by atoms with Crippen LogP contribution in [0.4, 0.5) is 0 Å². The summed E-state index contributed by atoms with van der Waals surface area (Å²) in [6.45, 7) is 3.13. The largest absolute Gasteiger partial charge is 0.481 e. The molecule has 1 fully saturated rings. The summed E-state index contributed by atoms with van der Waals surface area (Å²) in [6.07, 6.45) is 0.527. The van der Waals surface area contributed by atoms with Crippen molar-refractivity contribution in [3.8, 4) is 5.75 Å². The van der Waals surface area contributed by atoms with E-state index in [1.165, 1.54) is 0 Å². The quantitative estimate of drug-likeness (QED) is 0.851. The normalized spacial score (nSPS) is 20.4. The minimum atomic E-state index is -0.503. The van der Waals surface area contributed by atoms with Gasteiger partial charge in [0.05, 0.1) is 6.10 Å². The van der Waals surface area contributed by atoms with E-state index in [0.717, 1.165) is 13.0 Å².